The van der Waals surface area contributed by atoms with Crippen molar-refractivity contribution in [1.82, 2.24) is 9.55 Å². The molecule has 1 heterocycles. The third kappa shape index (κ3) is 5.90. The van der Waals surface area contributed by atoms with Gasteiger partial charge in [-0.3, -0.25) is 0 Å². The average molecular weight is 587 g/mol. The Morgan fingerprint density at radius 1 is 0.927 bits per heavy atom. The summed E-state index contributed by atoms with van der Waals surface area (Å²) < 4.78 is 8.40. The minimum atomic E-state index is -0.944. The van der Waals surface area contributed by atoms with Crippen LogP contribution in [0, 0.1) is 0 Å². The van der Waals surface area contributed by atoms with Gasteiger partial charge in [0.05, 0.1) is 27.3 Å². The molecule has 0 radical (unpaired) electrons. The SMILES string of the molecule is O=C(O)c1ccc2c(c1)nc(-c1ccc(CNc3ccccc3Oc3ccc(Cl)cc3Cl)cc1)n2C1CCCCC1. The van der Waals surface area contributed by atoms with Gasteiger partial charge in [0.2, 0.25) is 0 Å². The fraction of sp³-hybridized carbons (Fsp3) is 0.212. The van der Waals surface area contributed by atoms with E-state index in [1.165, 1.54) is 19.3 Å². The van der Waals surface area contributed by atoms with Crippen LogP contribution in [0.25, 0.3) is 22.4 Å². The van der Waals surface area contributed by atoms with Crippen LogP contribution in [-0.4, -0.2) is 20.6 Å². The zero-order valence-electron chi connectivity index (χ0n) is 22.3. The molecule has 1 saturated carbocycles. The molecular formula is C33H29Cl2N3O3. The number of fused-ring (bicyclic) bond motifs is 1. The number of benzene rings is 4. The van der Waals surface area contributed by atoms with Crippen LogP contribution in [0.15, 0.2) is 84.9 Å². The quantitative estimate of drug-likeness (QED) is 0.189. The third-order valence-corrected chi connectivity index (χ3v) is 8.10. The zero-order valence-corrected chi connectivity index (χ0v) is 23.8. The number of ether oxygens (including phenoxy) is 1. The maximum atomic E-state index is 11.6. The van der Waals surface area contributed by atoms with Crippen LogP contribution in [0.3, 0.4) is 0 Å². The Labute approximate surface area is 248 Å². The number of nitrogens with one attached hydrogen (secondary N) is 1. The first-order valence-corrected chi connectivity index (χ1v) is 14.5. The predicted molar refractivity (Wildman–Crippen MR) is 165 cm³/mol. The molecule has 208 valence electrons. The van der Waals surface area contributed by atoms with E-state index < -0.39 is 5.97 Å². The summed E-state index contributed by atoms with van der Waals surface area (Å²) in [5.74, 6) is 1.13. The van der Waals surface area contributed by atoms with Gasteiger partial charge in [0, 0.05) is 23.2 Å². The molecule has 0 bridgehead atoms. The number of carboxylic acids is 1. The lowest BCUT2D eigenvalue weighted by Crippen LogP contribution is -2.14. The highest BCUT2D eigenvalue weighted by atomic mass is 35.5. The first-order valence-electron chi connectivity index (χ1n) is 13.8. The molecule has 0 unspecified atom stereocenters. The number of anilines is 1. The molecule has 41 heavy (non-hydrogen) atoms. The Hall–Kier alpha value is -4.00. The first-order chi connectivity index (χ1) is 20.0. The molecule has 5 aromatic rings. The highest BCUT2D eigenvalue weighted by Crippen LogP contribution is 2.37. The van der Waals surface area contributed by atoms with Gasteiger partial charge in [-0.05, 0) is 66.9 Å². The van der Waals surface area contributed by atoms with Gasteiger partial charge in [-0.25, -0.2) is 9.78 Å². The molecule has 0 atom stereocenters. The van der Waals surface area contributed by atoms with Crippen LogP contribution in [-0.2, 0) is 6.54 Å². The highest BCUT2D eigenvalue weighted by Gasteiger charge is 2.23. The molecule has 0 amide bonds. The fourth-order valence-corrected chi connectivity index (χ4v) is 5.94. The number of carboxylic acid groups (broad SMARTS) is 1. The Morgan fingerprint density at radius 3 is 2.46 bits per heavy atom. The molecule has 1 aliphatic carbocycles. The zero-order chi connectivity index (χ0) is 28.3. The number of para-hydroxylation sites is 2. The lowest BCUT2D eigenvalue weighted by Gasteiger charge is -2.25. The van der Waals surface area contributed by atoms with Gasteiger partial charge in [-0.15, -0.1) is 0 Å². The number of rotatable bonds is 8. The molecule has 1 aromatic heterocycles. The van der Waals surface area contributed by atoms with Crippen molar-refractivity contribution in [3.8, 4) is 22.9 Å². The molecule has 6 rings (SSSR count). The minimum absolute atomic E-state index is 0.251. The summed E-state index contributed by atoms with van der Waals surface area (Å²) in [6, 6.07) is 26.8. The number of halogens is 2. The molecule has 0 saturated heterocycles. The number of aromatic nitrogens is 2. The largest absolute Gasteiger partial charge is 0.478 e. The van der Waals surface area contributed by atoms with E-state index in [2.05, 4.69) is 34.1 Å². The van der Waals surface area contributed by atoms with Gasteiger partial charge >= 0.3 is 5.97 Å². The number of carbonyl (C=O) groups is 1. The molecule has 0 spiro atoms. The van der Waals surface area contributed by atoms with Crippen molar-refractivity contribution in [1.29, 1.82) is 0 Å². The van der Waals surface area contributed by atoms with E-state index in [9.17, 15) is 9.90 Å². The van der Waals surface area contributed by atoms with E-state index in [-0.39, 0.29) is 5.56 Å². The Balaban J connectivity index is 1.24. The minimum Gasteiger partial charge on any atom is -0.478 e. The molecule has 6 nitrogen and oxygen atoms in total. The lowest BCUT2D eigenvalue weighted by molar-refractivity contribution is 0.0697. The summed E-state index contributed by atoms with van der Waals surface area (Å²) in [5.41, 5.74) is 4.90. The predicted octanol–water partition coefficient (Wildman–Crippen LogP) is 9.62. The maximum Gasteiger partial charge on any atom is 0.335 e. The highest BCUT2D eigenvalue weighted by molar-refractivity contribution is 6.35. The van der Waals surface area contributed by atoms with E-state index in [0.717, 1.165) is 41.0 Å². The molecule has 1 aliphatic rings. The number of hydrogen-bond acceptors (Lipinski definition) is 4. The van der Waals surface area contributed by atoms with Gasteiger partial charge < -0.3 is 19.7 Å². The molecule has 0 aliphatic heterocycles. The van der Waals surface area contributed by atoms with Crippen molar-refractivity contribution < 1.29 is 14.6 Å². The van der Waals surface area contributed by atoms with E-state index in [4.69, 9.17) is 32.9 Å². The molecule has 1 fully saturated rings. The average Bonchev–Trinajstić information content (AvgIpc) is 3.38. The topological polar surface area (TPSA) is 76.4 Å². The molecular weight excluding hydrogens is 557 g/mol. The van der Waals surface area contributed by atoms with E-state index in [1.54, 1.807) is 30.3 Å². The van der Waals surface area contributed by atoms with Gasteiger partial charge in [0.15, 0.2) is 5.75 Å². The van der Waals surface area contributed by atoms with Crippen molar-refractivity contribution in [2.45, 2.75) is 44.7 Å². The van der Waals surface area contributed by atoms with E-state index >= 15 is 0 Å². The van der Waals surface area contributed by atoms with Gasteiger partial charge in [0.1, 0.15) is 11.6 Å². The van der Waals surface area contributed by atoms with Crippen molar-refractivity contribution >= 4 is 45.9 Å². The Morgan fingerprint density at radius 2 is 1.71 bits per heavy atom. The van der Waals surface area contributed by atoms with Gasteiger partial charge in [-0.1, -0.05) is 78.9 Å². The number of imidazole rings is 1. The van der Waals surface area contributed by atoms with Crippen LogP contribution in [0.5, 0.6) is 11.5 Å². The number of hydrogen-bond donors (Lipinski definition) is 2. The summed E-state index contributed by atoms with van der Waals surface area (Å²) in [7, 11) is 0. The smallest absolute Gasteiger partial charge is 0.335 e. The van der Waals surface area contributed by atoms with Crippen molar-refractivity contribution in [3.63, 3.8) is 0 Å². The summed E-state index contributed by atoms with van der Waals surface area (Å²) in [4.78, 5) is 16.5. The summed E-state index contributed by atoms with van der Waals surface area (Å²) in [5, 5.41) is 14.0. The monoisotopic (exact) mass is 585 g/mol. The number of aromatic carboxylic acids is 1. The third-order valence-electron chi connectivity index (χ3n) is 7.57. The molecule has 8 heteroatoms. The normalized spacial score (nSPS) is 13.8. The van der Waals surface area contributed by atoms with Gasteiger partial charge in [0.25, 0.3) is 0 Å². The lowest BCUT2D eigenvalue weighted by atomic mass is 9.94. The second kappa shape index (κ2) is 11.9. The standard InChI is InChI=1S/C33H29Cl2N3O3/c34-24-15-17-30(26(35)19-24)41-31-9-5-4-8-27(31)36-20-21-10-12-22(13-11-21)32-37-28-18-23(33(39)40)14-16-29(28)38(32)25-6-2-1-3-7-25/h4-5,8-19,25,36H,1-3,6-7,20H2,(H,39,40). The van der Waals surface area contributed by atoms with E-state index in [1.807, 2.05) is 30.3 Å². The van der Waals surface area contributed by atoms with Crippen molar-refractivity contribution in [3.05, 3.63) is 106 Å². The van der Waals surface area contributed by atoms with Crippen LogP contribution in [0.2, 0.25) is 10.0 Å². The van der Waals surface area contributed by atoms with Gasteiger partial charge in [-0.2, -0.15) is 0 Å². The summed E-state index contributed by atoms with van der Waals surface area (Å²) in [6.45, 7) is 0.593. The number of nitrogens with zero attached hydrogens (tertiary/aromatic N) is 2. The second-order valence-corrected chi connectivity index (χ2v) is 11.2. The van der Waals surface area contributed by atoms with Crippen LogP contribution in [0.1, 0.15) is 54.1 Å². The Bertz CT molecular complexity index is 1710. The van der Waals surface area contributed by atoms with Crippen molar-refractivity contribution in [2.75, 3.05) is 5.32 Å². The Kier molecular flexibility index (Phi) is 7.86. The van der Waals surface area contributed by atoms with E-state index in [0.29, 0.717) is 39.6 Å². The van der Waals surface area contributed by atoms with Crippen LogP contribution in [0.4, 0.5) is 5.69 Å². The summed E-state index contributed by atoms with van der Waals surface area (Å²) >= 11 is 12.3. The summed E-state index contributed by atoms with van der Waals surface area (Å²) in [6.07, 6.45) is 5.84. The second-order valence-electron chi connectivity index (χ2n) is 10.3. The maximum absolute atomic E-state index is 11.6. The van der Waals surface area contributed by atoms with Crippen LogP contribution >= 0.6 is 23.2 Å². The fourth-order valence-electron chi connectivity index (χ4n) is 5.49. The van der Waals surface area contributed by atoms with Crippen molar-refractivity contribution in [2.24, 2.45) is 0 Å². The first kappa shape index (κ1) is 27.2. The molecule has 4 aromatic carbocycles. The van der Waals surface area contributed by atoms with Crippen LogP contribution < -0.4 is 10.1 Å². The molecule has 2 N–H and O–H groups in total.